The highest BCUT2D eigenvalue weighted by molar-refractivity contribution is 5.25. The van der Waals surface area contributed by atoms with Crippen molar-refractivity contribution in [2.45, 2.75) is 45.3 Å². The van der Waals surface area contributed by atoms with Crippen molar-refractivity contribution in [1.29, 1.82) is 0 Å². The van der Waals surface area contributed by atoms with Gasteiger partial charge in [-0.15, -0.1) is 0 Å². The second-order valence-electron chi connectivity index (χ2n) is 6.51. The summed E-state index contributed by atoms with van der Waals surface area (Å²) >= 11 is 0. The molecule has 0 aromatic heterocycles. The van der Waals surface area contributed by atoms with E-state index in [0.29, 0.717) is 12.6 Å². The molecule has 2 unspecified atom stereocenters. The summed E-state index contributed by atoms with van der Waals surface area (Å²) in [5, 5.41) is 13.1. The number of aliphatic hydroxyl groups is 1. The lowest BCUT2D eigenvalue weighted by Gasteiger charge is -2.36. The number of likely N-dealkylation sites (N-methyl/N-ethyl adjacent to an activating group) is 1. The SMILES string of the molecule is CC(O)CN(C)CC(C)(CNC(C)C)c1ccccc1. The normalized spacial score (nSPS) is 16.4. The Morgan fingerprint density at radius 2 is 1.80 bits per heavy atom. The molecule has 2 N–H and O–H groups in total. The number of aliphatic hydroxyl groups excluding tert-OH is 1. The largest absolute Gasteiger partial charge is 0.392 e. The van der Waals surface area contributed by atoms with Gasteiger partial charge in [-0.2, -0.15) is 0 Å². The zero-order valence-corrected chi connectivity index (χ0v) is 13.6. The van der Waals surface area contributed by atoms with Crippen LogP contribution in [0.3, 0.4) is 0 Å². The monoisotopic (exact) mass is 278 g/mol. The summed E-state index contributed by atoms with van der Waals surface area (Å²) in [6, 6.07) is 11.1. The van der Waals surface area contributed by atoms with Gasteiger partial charge in [-0.1, -0.05) is 51.1 Å². The fourth-order valence-electron chi connectivity index (χ4n) is 2.63. The maximum Gasteiger partial charge on any atom is 0.0638 e. The van der Waals surface area contributed by atoms with E-state index in [0.717, 1.165) is 13.1 Å². The Morgan fingerprint density at radius 1 is 1.20 bits per heavy atom. The molecule has 0 spiro atoms. The van der Waals surface area contributed by atoms with Gasteiger partial charge in [-0.3, -0.25) is 0 Å². The Kier molecular flexibility index (Phi) is 6.66. The second-order valence-corrected chi connectivity index (χ2v) is 6.51. The van der Waals surface area contributed by atoms with Crippen LogP contribution in [0.15, 0.2) is 30.3 Å². The lowest BCUT2D eigenvalue weighted by Crippen LogP contribution is -2.47. The van der Waals surface area contributed by atoms with Gasteiger partial charge in [-0.05, 0) is 19.5 Å². The van der Waals surface area contributed by atoms with Crippen molar-refractivity contribution in [3.63, 3.8) is 0 Å². The predicted molar refractivity (Wildman–Crippen MR) is 86.1 cm³/mol. The quantitative estimate of drug-likeness (QED) is 0.765. The average Bonchev–Trinajstić information content (AvgIpc) is 2.36. The van der Waals surface area contributed by atoms with Crippen LogP contribution < -0.4 is 5.32 Å². The van der Waals surface area contributed by atoms with Crippen LogP contribution in [0.4, 0.5) is 0 Å². The summed E-state index contributed by atoms with van der Waals surface area (Å²) in [5.74, 6) is 0. The van der Waals surface area contributed by atoms with E-state index in [4.69, 9.17) is 0 Å². The van der Waals surface area contributed by atoms with E-state index < -0.39 is 0 Å². The molecule has 0 amide bonds. The summed E-state index contributed by atoms with van der Waals surface area (Å²) in [4.78, 5) is 2.21. The molecule has 3 heteroatoms. The van der Waals surface area contributed by atoms with E-state index in [2.05, 4.69) is 68.4 Å². The highest BCUT2D eigenvalue weighted by Gasteiger charge is 2.28. The molecule has 0 aliphatic heterocycles. The second kappa shape index (κ2) is 7.77. The third-order valence-corrected chi connectivity index (χ3v) is 3.57. The van der Waals surface area contributed by atoms with E-state index in [-0.39, 0.29) is 11.5 Å². The standard InChI is InChI=1S/C17H30N2O/c1-14(2)18-12-17(4,13-19(5)11-15(3)20)16-9-7-6-8-10-16/h6-10,14-15,18,20H,11-13H2,1-5H3. The summed E-state index contributed by atoms with van der Waals surface area (Å²) in [6.07, 6.45) is -0.293. The minimum atomic E-state index is -0.293. The Hall–Kier alpha value is -0.900. The first kappa shape index (κ1) is 17.2. The van der Waals surface area contributed by atoms with Crippen LogP contribution in [0.5, 0.6) is 0 Å². The van der Waals surface area contributed by atoms with Crippen molar-refractivity contribution in [3.8, 4) is 0 Å². The van der Waals surface area contributed by atoms with Gasteiger partial charge in [0.05, 0.1) is 6.10 Å². The molecule has 3 nitrogen and oxygen atoms in total. The summed E-state index contributed by atoms with van der Waals surface area (Å²) in [5.41, 5.74) is 1.38. The number of hydrogen-bond donors (Lipinski definition) is 2. The van der Waals surface area contributed by atoms with Crippen LogP contribution in [-0.4, -0.2) is 48.8 Å². The van der Waals surface area contributed by atoms with Gasteiger partial charge in [0, 0.05) is 31.1 Å². The lowest BCUT2D eigenvalue weighted by molar-refractivity contribution is 0.127. The van der Waals surface area contributed by atoms with Gasteiger partial charge in [0.15, 0.2) is 0 Å². The first-order valence-corrected chi connectivity index (χ1v) is 7.49. The van der Waals surface area contributed by atoms with Crippen LogP contribution in [0, 0.1) is 0 Å². The molecule has 0 aliphatic carbocycles. The summed E-state index contributed by atoms with van der Waals surface area (Å²) in [7, 11) is 2.07. The zero-order chi connectivity index (χ0) is 15.2. The van der Waals surface area contributed by atoms with Crippen LogP contribution in [0.1, 0.15) is 33.3 Å². The molecule has 0 heterocycles. The Labute approximate surface area is 124 Å². The maximum atomic E-state index is 9.55. The smallest absolute Gasteiger partial charge is 0.0638 e. The highest BCUT2D eigenvalue weighted by Crippen LogP contribution is 2.24. The summed E-state index contributed by atoms with van der Waals surface area (Å²) in [6.45, 7) is 11.0. The zero-order valence-electron chi connectivity index (χ0n) is 13.6. The number of rotatable bonds is 8. The Bertz CT molecular complexity index is 378. The molecule has 1 aromatic carbocycles. The molecule has 2 atom stereocenters. The first-order valence-electron chi connectivity index (χ1n) is 7.49. The van der Waals surface area contributed by atoms with Gasteiger partial charge in [0.25, 0.3) is 0 Å². The maximum absolute atomic E-state index is 9.55. The molecule has 0 fully saturated rings. The molecule has 0 aliphatic rings. The van der Waals surface area contributed by atoms with Crippen molar-refractivity contribution >= 4 is 0 Å². The third-order valence-electron chi connectivity index (χ3n) is 3.57. The van der Waals surface area contributed by atoms with Crippen LogP contribution >= 0.6 is 0 Å². The van der Waals surface area contributed by atoms with Crippen molar-refractivity contribution in [2.75, 3.05) is 26.7 Å². The van der Waals surface area contributed by atoms with E-state index in [1.165, 1.54) is 5.56 Å². The predicted octanol–water partition coefficient (Wildman–Crippen LogP) is 2.25. The third kappa shape index (κ3) is 5.61. The topological polar surface area (TPSA) is 35.5 Å². The molecule has 0 saturated heterocycles. The van der Waals surface area contributed by atoms with Gasteiger partial charge in [0.2, 0.25) is 0 Å². The number of nitrogens with zero attached hydrogens (tertiary/aromatic N) is 1. The van der Waals surface area contributed by atoms with E-state index >= 15 is 0 Å². The number of nitrogens with one attached hydrogen (secondary N) is 1. The van der Waals surface area contributed by atoms with Crippen molar-refractivity contribution in [1.82, 2.24) is 10.2 Å². The van der Waals surface area contributed by atoms with Gasteiger partial charge < -0.3 is 15.3 Å². The molecule has 0 bridgehead atoms. The molecular formula is C17H30N2O. The lowest BCUT2D eigenvalue weighted by atomic mass is 9.81. The first-order chi connectivity index (χ1) is 9.33. The minimum absolute atomic E-state index is 0.0369. The molecule has 114 valence electrons. The molecular weight excluding hydrogens is 248 g/mol. The molecule has 1 rings (SSSR count). The summed E-state index contributed by atoms with van der Waals surface area (Å²) < 4.78 is 0. The highest BCUT2D eigenvalue weighted by atomic mass is 16.3. The van der Waals surface area contributed by atoms with E-state index in [9.17, 15) is 5.11 Å². The number of benzene rings is 1. The molecule has 0 radical (unpaired) electrons. The van der Waals surface area contributed by atoms with Crippen molar-refractivity contribution in [2.24, 2.45) is 0 Å². The van der Waals surface area contributed by atoms with Crippen LogP contribution in [-0.2, 0) is 5.41 Å². The Balaban J connectivity index is 2.84. The van der Waals surface area contributed by atoms with Gasteiger partial charge in [0.1, 0.15) is 0 Å². The van der Waals surface area contributed by atoms with Crippen LogP contribution in [0.2, 0.25) is 0 Å². The Morgan fingerprint density at radius 3 is 2.30 bits per heavy atom. The molecule has 20 heavy (non-hydrogen) atoms. The molecule has 0 saturated carbocycles. The average molecular weight is 278 g/mol. The van der Waals surface area contributed by atoms with Gasteiger partial charge in [-0.25, -0.2) is 0 Å². The molecule has 1 aromatic rings. The van der Waals surface area contributed by atoms with Crippen molar-refractivity contribution in [3.05, 3.63) is 35.9 Å². The number of hydrogen-bond acceptors (Lipinski definition) is 3. The fraction of sp³-hybridized carbons (Fsp3) is 0.647. The minimum Gasteiger partial charge on any atom is -0.392 e. The van der Waals surface area contributed by atoms with Gasteiger partial charge >= 0.3 is 0 Å². The van der Waals surface area contributed by atoms with Crippen LogP contribution in [0.25, 0.3) is 0 Å². The fourth-order valence-corrected chi connectivity index (χ4v) is 2.63. The van der Waals surface area contributed by atoms with Crippen molar-refractivity contribution < 1.29 is 5.11 Å². The van der Waals surface area contributed by atoms with E-state index in [1.807, 2.05) is 6.92 Å². The van der Waals surface area contributed by atoms with E-state index in [1.54, 1.807) is 0 Å².